The van der Waals surface area contributed by atoms with Gasteiger partial charge < -0.3 is 5.32 Å². The molecule has 1 atom stereocenters. The normalized spacial score (nSPS) is 12.6. The average Bonchev–Trinajstić information content (AvgIpc) is 2.89. The summed E-state index contributed by atoms with van der Waals surface area (Å²) < 4.78 is 28.4. The number of hydrogen-bond acceptors (Lipinski definition) is 2. The Labute approximate surface area is 136 Å². The smallest absolute Gasteiger partial charge is 0.143 e. The van der Waals surface area contributed by atoms with Crippen molar-refractivity contribution in [2.45, 2.75) is 32.7 Å². The van der Waals surface area contributed by atoms with Gasteiger partial charge in [-0.25, -0.2) is 8.78 Å². The standard InChI is InChI=1S/C16H18BrF2NS/c1-3-7-20-14(16-10(2)6-8-21-16)9-11-13(18)5-4-12(17)15(11)19/h4-6,8,14,20H,3,7,9H2,1-2H3. The van der Waals surface area contributed by atoms with Gasteiger partial charge in [-0.3, -0.25) is 0 Å². The van der Waals surface area contributed by atoms with E-state index in [1.54, 1.807) is 11.3 Å². The molecule has 0 aliphatic carbocycles. The Balaban J connectivity index is 2.32. The summed E-state index contributed by atoms with van der Waals surface area (Å²) >= 11 is 4.75. The van der Waals surface area contributed by atoms with Crippen molar-refractivity contribution in [3.63, 3.8) is 0 Å². The fourth-order valence-electron chi connectivity index (χ4n) is 2.28. The summed E-state index contributed by atoms with van der Waals surface area (Å²) in [7, 11) is 0. The minimum Gasteiger partial charge on any atom is -0.309 e. The number of nitrogens with one attached hydrogen (secondary N) is 1. The monoisotopic (exact) mass is 373 g/mol. The zero-order chi connectivity index (χ0) is 15.4. The Hall–Kier alpha value is -0.780. The molecule has 21 heavy (non-hydrogen) atoms. The summed E-state index contributed by atoms with van der Waals surface area (Å²) in [6.45, 7) is 4.92. The number of aryl methyl sites for hydroxylation is 1. The lowest BCUT2D eigenvalue weighted by Crippen LogP contribution is -2.24. The van der Waals surface area contributed by atoms with Crippen LogP contribution in [0.2, 0.25) is 0 Å². The number of halogens is 3. The van der Waals surface area contributed by atoms with Gasteiger partial charge in [0.2, 0.25) is 0 Å². The number of rotatable bonds is 6. The highest BCUT2D eigenvalue weighted by atomic mass is 79.9. The van der Waals surface area contributed by atoms with Crippen molar-refractivity contribution < 1.29 is 8.78 Å². The molecule has 2 rings (SSSR count). The summed E-state index contributed by atoms with van der Waals surface area (Å²) in [5, 5.41) is 5.41. The van der Waals surface area contributed by atoms with E-state index in [0.29, 0.717) is 10.9 Å². The van der Waals surface area contributed by atoms with Crippen molar-refractivity contribution in [1.82, 2.24) is 5.32 Å². The van der Waals surface area contributed by atoms with Crippen LogP contribution in [0.4, 0.5) is 8.78 Å². The van der Waals surface area contributed by atoms with Crippen molar-refractivity contribution in [2.24, 2.45) is 0 Å². The van der Waals surface area contributed by atoms with Crippen molar-refractivity contribution in [3.05, 3.63) is 55.7 Å². The molecular formula is C16H18BrF2NS. The maximum absolute atomic E-state index is 14.2. The summed E-state index contributed by atoms with van der Waals surface area (Å²) in [6.07, 6.45) is 1.28. The highest BCUT2D eigenvalue weighted by Gasteiger charge is 2.20. The zero-order valence-corrected chi connectivity index (χ0v) is 14.5. The Morgan fingerprint density at radius 1 is 1.29 bits per heavy atom. The van der Waals surface area contributed by atoms with Gasteiger partial charge in [0.1, 0.15) is 11.6 Å². The summed E-state index contributed by atoms with van der Waals surface area (Å²) in [6, 6.07) is 4.68. The van der Waals surface area contributed by atoms with Crippen LogP contribution in [0.1, 0.15) is 35.4 Å². The molecule has 0 saturated heterocycles. The van der Waals surface area contributed by atoms with E-state index in [-0.39, 0.29) is 11.6 Å². The lowest BCUT2D eigenvalue weighted by molar-refractivity contribution is 0.491. The van der Waals surface area contributed by atoms with Crippen LogP contribution in [0, 0.1) is 18.6 Å². The van der Waals surface area contributed by atoms with Crippen LogP contribution in [0.15, 0.2) is 28.1 Å². The first kappa shape index (κ1) is 16.6. The number of benzene rings is 1. The molecule has 5 heteroatoms. The maximum Gasteiger partial charge on any atom is 0.143 e. The zero-order valence-electron chi connectivity index (χ0n) is 12.1. The Morgan fingerprint density at radius 2 is 2.05 bits per heavy atom. The second-order valence-corrected chi connectivity index (χ2v) is 6.80. The molecule has 1 nitrogen and oxygen atoms in total. The van der Waals surface area contributed by atoms with Gasteiger partial charge in [-0.1, -0.05) is 6.92 Å². The van der Waals surface area contributed by atoms with E-state index >= 15 is 0 Å². The third-order valence-corrected chi connectivity index (χ3v) is 5.15. The molecule has 0 radical (unpaired) electrons. The largest absolute Gasteiger partial charge is 0.309 e. The second kappa shape index (κ2) is 7.47. The fraction of sp³-hybridized carbons (Fsp3) is 0.375. The van der Waals surface area contributed by atoms with Crippen LogP contribution in [0.5, 0.6) is 0 Å². The fourth-order valence-corrected chi connectivity index (χ4v) is 3.65. The van der Waals surface area contributed by atoms with E-state index in [1.807, 2.05) is 18.4 Å². The highest BCUT2D eigenvalue weighted by molar-refractivity contribution is 9.10. The molecule has 0 bridgehead atoms. The molecule has 114 valence electrons. The first-order valence-electron chi connectivity index (χ1n) is 6.94. The summed E-state index contributed by atoms with van der Waals surface area (Å²) in [5.74, 6) is -0.999. The summed E-state index contributed by atoms with van der Waals surface area (Å²) in [4.78, 5) is 1.14. The van der Waals surface area contributed by atoms with Crippen LogP contribution < -0.4 is 5.32 Å². The molecule has 1 heterocycles. The molecule has 1 aromatic heterocycles. The van der Waals surface area contributed by atoms with Gasteiger partial charge in [0, 0.05) is 16.5 Å². The van der Waals surface area contributed by atoms with E-state index in [0.717, 1.165) is 23.4 Å². The van der Waals surface area contributed by atoms with E-state index in [2.05, 4.69) is 28.2 Å². The Bertz CT molecular complexity index is 612. The van der Waals surface area contributed by atoms with Gasteiger partial charge in [-0.2, -0.15) is 0 Å². The second-order valence-electron chi connectivity index (χ2n) is 5.00. The Morgan fingerprint density at radius 3 is 2.67 bits per heavy atom. The third kappa shape index (κ3) is 3.90. The molecule has 1 aromatic carbocycles. The van der Waals surface area contributed by atoms with Gasteiger partial charge >= 0.3 is 0 Å². The van der Waals surface area contributed by atoms with Gasteiger partial charge in [0.25, 0.3) is 0 Å². The van der Waals surface area contributed by atoms with Crippen LogP contribution in [-0.2, 0) is 6.42 Å². The summed E-state index contributed by atoms with van der Waals surface area (Å²) in [5.41, 5.74) is 1.29. The van der Waals surface area contributed by atoms with Gasteiger partial charge in [0.15, 0.2) is 0 Å². The van der Waals surface area contributed by atoms with E-state index < -0.39 is 11.6 Å². The molecular weight excluding hydrogens is 356 g/mol. The first-order chi connectivity index (χ1) is 10.0. The molecule has 1 N–H and O–H groups in total. The Kier molecular flexibility index (Phi) is 5.90. The van der Waals surface area contributed by atoms with Crippen LogP contribution in [0.3, 0.4) is 0 Å². The van der Waals surface area contributed by atoms with Crippen molar-refractivity contribution >= 4 is 27.3 Å². The van der Waals surface area contributed by atoms with Crippen molar-refractivity contribution in [3.8, 4) is 0 Å². The van der Waals surface area contributed by atoms with Crippen molar-refractivity contribution in [1.29, 1.82) is 0 Å². The number of thiophene rings is 1. The minimum atomic E-state index is -0.507. The van der Waals surface area contributed by atoms with Crippen LogP contribution in [0.25, 0.3) is 0 Å². The molecule has 0 saturated carbocycles. The molecule has 0 spiro atoms. The topological polar surface area (TPSA) is 12.0 Å². The van der Waals surface area contributed by atoms with Crippen LogP contribution in [-0.4, -0.2) is 6.54 Å². The van der Waals surface area contributed by atoms with E-state index in [4.69, 9.17) is 0 Å². The average molecular weight is 374 g/mol. The number of hydrogen-bond donors (Lipinski definition) is 1. The highest BCUT2D eigenvalue weighted by Crippen LogP contribution is 2.30. The predicted octanol–water partition coefficient (Wildman–Crippen LogP) is 5.38. The van der Waals surface area contributed by atoms with E-state index in [9.17, 15) is 8.78 Å². The molecule has 2 aromatic rings. The quantitative estimate of drug-likeness (QED) is 0.670. The van der Waals surface area contributed by atoms with Gasteiger partial charge in [-0.15, -0.1) is 11.3 Å². The molecule has 0 amide bonds. The van der Waals surface area contributed by atoms with Gasteiger partial charge in [-0.05, 0) is 71.4 Å². The van der Waals surface area contributed by atoms with Crippen molar-refractivity contribution in [2.75, 3.05) is 6.54 Å². The van der Waals surface area contributed by atoms with Gasteiger partial charge in [0.05, 0.1) is 4.47 Å². The van der Waals surface area contributed by atoms with E-state index in [1.165, 1.54) is 12.1 Å². The SMILES string of the molecule is CCCNC(Cc1c(F)ccc(Br)c1F)c1sccc1C. The predicted molar refractivity (Wildman–Crippen MR) is 87.9 cm³/mol. The molecule has 0 fully saturated rings. The maximum atomic E-state index is 14.2. The molecule has 0 aliphatic rings. The first-order valence-corrected chi connectivity index (χ1v) is 8.61. The lowest BCUT2D eigenvalue weighted by Gasteiger charge is -2.19. The molecule has 0 aliphatic heterocycles. The minimum absolute atomic E-state index is 0.0664. The molecule has 1 unspecified atom stereocenters. The third-order valence-electron chi connectivity index (χ3n) is 3.41. The van der Waals surface area contributed by atoms with Crippen LogP contribution >= 0.6 is 27.3 Å². The lowest BCUT2D eigenvalue weighted by atomic mass is 10.0.